The lowest BCUT2D eigenvalue weighted by molar-refractivity contribution is -0.167. The molecule has 0 aliphatic rings. The zero-order valence-electron chi connectivity index (χ0n) is 40.7. The molecule has 0 aliphatic heterocycles. The second kappa shape index (κ2) is 51.2. The summed E-state index contributed by atoms with van der Waals surface area (Å²) in [5.41, 5.74) is 0. The van der Waals surface area contributed by atoms with E-state index in [1.165, 1.54) is 25.7 Å². The Morgan fingerprint density at radius 2 is 0.641 bits per heavy atom. The molecule has 358 valence electrons. The van der Waals surface area contributed by atoms with Crippen LogP contribution in [0.3, 0.4) is 0 Å². The minimum Gasteiger partial charge on any atom is -0.462 e. The van der Waals surface area contributed by atoms with Crippen molar-refractivity contribution in [2.24, 2.45) is 0 Å². The van der Waals surface area contributed by atoms with E-state index in [0.717, 1.165) is 128 Å². The van der Waals surface area contributed by atoms with Crippen LogP contribution in [0.2, 0.25) is 0 Å². The fourth-order valence-electron chi connectivity index (χ4n) is 6.28. The van der Waals surface area contributed by atoms with Crippen LogP contribution in [0.4, 0.5) is 0 Å². The van der Waals surface area contributed by atoms with E-state index in [2.05, 4.69) is 118 Å². The van der Waals surface area contributed by atoms with E-state index in [-0.39, 0.29) is 31.1 Å². The van der Waals surface area contributed by atoms with Gasteiger partial charge in [0.2, 0.25) is 0 Å². The van der Waals surface area contributed by atoms with Crippen LogP contribution in [0.25, 0.3) is 0 Å². The lowest BCUT2D eigenvalue weighted by Crippen LogP contribution is -2.30. The van der Waals surface area contributed by atoms with Gasteiger partial charge < -0.3 is 14.2 Å². The van der Waals surface area contributed by atoms with Crippen molar-refractivity contribution in [1.29, 1.82) is 0 Å². The van der Waals surface area contributed by atoms with Gasteiger partial charge >= 0.3 is 17.9 Å². The number of allylic oxidation sites excluding steroid dienone is 22. The Labute approximate surface area is 392 Å². The molecule has 64 heavy (non-hydrogen) atoms. The van der Waals surface area contributed by atoms with Crippen LogP contribution in [0, 0.1) is 0 Å². The Balaban J connectivity index is 4.53. The highest BCUT2D eigenvalue weighted by Gasteiger charge is 2.19. The summed E-state index contributed by atoms with van der Waals surface area (Å²) in [7, 11) is 0. The Kier molecular flexibility index (Phi) is 47.6. The van der Waals surface area contributed by atoms with Crippen LogP contribution in [-0.2, 0) is 28.6 Å². The molecular weight excluding hydrogens is 793 g/mol. The first kappa shape index (κ1) is 59.5. The van der Waals surface area contributed by atoms with Gasteiger partial charge in [-0.3, -0.25) is 14.4 Å². The molecule has 0 saturated carbocycles. The van der Waals surface area contributed by atoms with Crippen LogP contribution >= 0.6 is 0 Å². The van der Waals surface area contributed by atoms with E-state index in [1.54, 1.807) is 0 Å². The first-order valence-electron chi connectivity index (χ1n) is 25.2. The minimum atomic E-state index is -0.817. The number of unbranched alkanes of at least 4 members (excludes halogenated alkanes) is 13. The molecule has 0 saturated heterocycles. The van der Waals surface area contributed by atoms with Gasteiger partial charge in [-0.2, -0.15) is 0 Å². The van der Waals surface area contributed by atoms with Crippen molar-refractivity contribution in [2.45, 2.75) is 200 Å². The maximum absolute atomic E-state index is 12.8. The van der Waals surface area contributed by atoms with Crippen LogP contribution < -0.4 is 0 Å². The molecule has 0 aliphatic carbocycles. The Morgan fingerprint density at radius 3 is 1.08 bits per heavy atom. The van der Waals surface area contributed by atoms with Crippen LogP contribution in [0.15, 0.2) is 134 Å². The van der Waals surface area contributed by atoms with E-state index in [0.29, 0.717) is 19.3 Å². The van der Waals surface area contributed by atoms with Crippen LogP contribution in [0.1, 0.15) is 194 Å². The van der Waals surface area contributed by atoms with Gasteiger partial charge in [-0.15, -0.1) is 0 Å². The summed E-state index contributed by atoms with van der Waals surface area (Å²) in [6.45, 7) is 6.18. The molecule has 0 rings (SSSR count). The Bertz CT molecular complexity index is 1430. The number of carbonyl (C=O) groups is 3. The van der Waals surface area contributed by atoms with Gasteiger partial charge in [-0.1, -0.05) is 199 Å². The summed E-state index contributed by atoms with van der Waals surface area (Å²) < 4.78 is 16.7. The first-order chi connectivity index (χ1) is 31.5. The second-order valence-electron chi connectivity index (χ2n) is 16.0. The molecule has 0 aromatic carbocycles. The molecule has 0 spiro atoms. The summed E-state index contributed by atoms with van der Waals surface area (Å²) in [5, 5.41) is 0. The third-order valence-corrected chi connectivity index (χ3v) is 9.98. The fraction of sp³-hybridized carbons (Fsp3) is 0.569. The quantitative estimate of drug-likeness (QED) is 0.0200. The molecule has 0 radical (unpaired) electrons. The predicted molar refractivity (Wildman–Crippen MR) is 274 cm³/mol. The second-order valence-corrected chi connectivity index (χ2v) is 16.0. The molecular formula is C58H90O6. The van der Waals surface area contributed by atoms with E-state index in [4.69, 9.17) is 14.2 Å². The SMILES string of the molecule is CC\C=C/C=C\C=C/C=C\CCCCCC(=O)OCC(COC(=O)CCCCC/C=C\C/C=C\C/C=C\C/C=C\C/C=C\CC)OC(=O)CCCCCCCCC/C=C\C/C=C\CC. The predicted octanol–water partition coefficient (Wildman–Crippen LogP) is 16.7. The highest BCUT2D eigenvalue weighted by Crippen LogP contribution is 2.13. The maximum atomic E-state index is 12.8. The fourth-order valence-corrected chi connectivity index (χ4v) is 6.28. The third-order valence-electron chi connectivity index (χ3n) is 9.98. The summed E-state index contributed by atoms with van der Waals surface area (Å²) in [6.07, 6.45) is 71.5. The van der Waals surface area contributed by atoms with Gasteiger partial charge in [0.05, 0.1) is 0 Å². The van der Waals surface area contributed by atoms with E-state index in [1.807, 2.05) is 36.5 Å². The molecule has 0 aromatic heterocycles. The topological polar surface area (TPSA) is 78.9 Å². The first-order valence-corrected chi connectivity index (χ1v) is 25.2. The van der Waals surface area contributed by atoms with Gasteiger partial charge in [0.1, 0.15) is 13.2 Å². The highest BCUT2D eigenvalue weighted by atomic mass is 16.6. The molecule has 6 heteroatoms. The summed E-state index contributed by atoms with van der Waals surface area (Å²) in [5.74, 6) is -1.00. The number of hydrogen-bond acceptors (Lipinski definition) is 6. The van der Waals surface area contributed by atoms with Crippen molar-refractivity contribution in [2.75, 3.05) is 13.2 Å². The summed E-state index contributed by atoms with van der Waals surface area (Å²) in [6, 6.07) is 0. The largest absolute Gasteiger partial charge is 0.462 e. The molecule has 1 atom stereocenters. The average Bonchev–Trinajstić information content (AvgIpc) is 3.29. The molecule has 0 bridgehead atoms. The number of carbonyl (C=O) groups excluding carboxylic acids is 3. The van der Waals surface area contributed by atoms with Crippen molar-refractivity contribution < 1.29 is 28.6 Å². The standard InChI is InChI=1S/C58H90O6/c1-4-7-10-13-16-19-22-25-27-28-29-30-31-34-36-39-42-45-48-51-57(60)63-54-55(53-62-56(59)50-47-44-41-38-35-32-24-21-18-15-12-9-6-3)64-58(61)52-49-46-43-40-37-33-26-23-20-17-14-11-8-5-2/h7-12,15-21,24-25,27,29-30,32,34-36,55H,4-6,13-14,22-23,26,28,31,33,37-54H2,1-3H3/b10-7-,11-8-,12-9-,18-15-,19-16-,20-17-,24-21-,27-25-,30-29-,35-32-,36-34-. The molecule has 0 aromatic rings. The smallest absolute Gasteiger partial charge is 0.306 e. The van der Waals surface area contributed by atoms with Crippen molar-refractivity contribution in [3.63, 3.8) is 0 Å². The normalized spacial score (nSPS) is 13.2. The number of hydrogen-bond donors (Lipinski definition) is 0. The zero-order chi connectivity index (χ0) is 46.5. The number of rotatable bonds is 43. The lowest BCUT2D eigenvalue weighted by Gasteiger charge is -2.18. The van der Waals surface area contributed by atoms with Crippen LogP contribution in [0.5, 0.6) is 0 Å². The van der Waals surface area contributed by atoms with Gasteiger partial charge in [0, 0.05) is 19.3 Å². The molecule has 6 nitrogen and oxygen atoms in total. The van der Waals surface area contributed by atoms with E-state index in [9.17, 15) is 14.4 Å². The van der Waals surface area contributed by atoms with Crippen molar-refractivity contribution >= 4 is 17.9 Å². The maximum Gasteiger partial charge on any atom is 0.306 e. The molecule has 1 unspecified atom stereocenters. The third kappa shape index (κ3) is 48.6. The van der Waals surface area contributed by atoms with Crippen molar-refractivity contribution in [3.8, 4) is 0 Å². The van der Waals surface area contributed by atoms with Gasteiger partial charge in [-0.05, 0) is 109 Å². The van der Waals surface area contributed by atoms with Crippen molar-refractivity contribution in [1.82, 2.24) is 0 Å². The van der Waals surface area contributed by atoms with Crippen LogP contribution in [-0.4, -0.2) is 37.2 Å². The summed E-state index contributed by atoms with van der Waals surface area (Å²) >= 11 is 0. The molecule has 0 N–H and O–H groups in total. The van der Waals surface area contributed by atoms with E-state index >= 15 is 0 Å². The minimum absolute atomic E-state index is 0.117. The van der Waals surface area contributed by atoms with Gasteiger partial charge in [0.15, 0.2) is 6.10 Å². The van der Waals surface area contributed by atoms with Gasteiger partial charge in [-0.25, -0.2) is 0 Å². The number of ether oxygens (including phenoxy) is 3. The van der Waals surface area contributed by atoms with Crippen molar-refractivity contribution in [3.05, 3.63) is 134 Å². The molecule has 0 fully saturated rings. The number of esters is 3. The molecule has 0 heterocycles. The Hall–Kier alpha value is -4.45. The average molecular weight is 883 g/mol. The monoisotopic (exact) mass is 883 g/mol. The highest BCUT2D eigenvalue weighted by molar-refractivity contribution is 5.71. The lowest BCUT2D eigenvalue weighted by atomic mass is 10.1. The van der Waals surface area contributed by atoms with E-state index < -0.39 is 6.10 Å². The Morgan fingerprint density at radius 1 is 0.328 bits per heavy atom. The molecule has 0 amide bonds. The summed E-state index contributed by atoms with van der Waals surface area (Å²) in [4.78, 5) is 38.0. The van der Waals surface area contributed by atoms with Gasteiger partial charge in [0.25, 0.3) is 0 Å². The zero-order valence-corrected chi connectivity index (χ0v) is 40.7.